The summed E-state index contributed by atoms with van der Waals surface area (Å²) in [4.78, 5) is 0. The van der Waals surface area contributed by atoms with Gasteiger partial charge in [0.1, 0.15) is 0 Å². The second kappa shape index (κ2) is 5.12. The Kier molecular flexibility index (Phi) is 4.86. The van der Waals surface area contributed by atoms with Crippen LogP contribution < -0.4 is 0 Å². The molecule has 0 atom stereocenters. The number of hydrogen-bond acceptors (Lipinski definition) is 2. The lowest BCUT2D eigenvalue weighted by molar-refractivity contribution is 0.133. The molecule has 12 heavy (non-hydrogen) atoms. The fraction of sp³-hybridized carbons (Fsp3) is 0.600. The van der Waals surface area contributed by atoms with Crippen molar-refractivity contribution in [3.63, 3.8) is 0 Å². The van der Waals surface area contributed by atoms with Crippen molar-refractivity contribution in [1.29, 1.82) is 0 Å². The molecule has 0 spiro atoms. The first-order valence-electron chi connectivity index (χ1n) is 4.12. The van der Waals surface area contributed by atoms with Crippen LogP contribution >= 0.6 is 0 Å². The van der Waals surface area contributed by atoms with E-state index in [0.29, 0.717) is 0 Å². The van der Waals surface area contributed by atoms with Crippen LogP contribution in [-0.4, -0.2) is 22.4 Å². The molecular weight excluding hydrogens is 152 g/mol. The smallest absolute Gasteiger partial charge is 0.0771 e. The summed E-state index contributed by atoms with van der Waals surface area (Å²) in [6, 6.07) is 0. The first kappa shape index (κ1) is 11.4. The molecule has 2 nitrogen and oxygen atoms in total. The Hall–Kier alpha value is -0.600. The Morgan fingerprint density at radius 2 is 2.00 bits per heavy atom. The largest absolute Gasteiger partial charge is 0.392 e. The Bertz CT molecular complexity index is 173. The maximum Gasteiger partial charge on any atom is 0.0771 e. The molecule has 0 rings (SSSR count). The van der Waals surface area contributed by atoms with Crippen molar-refractivity contribution in [1.82, 2.24) is 0 Å². The van der Waals surface area contributed by atoms with Gasteiger partial charge in [-0.05, 0) is 27.2 Å². The fourth-order valence-corrected chi connectivity index (χ4v) is 0.772. The zero-order valence-corrected chi connectivity index (χ0v) is 8.04. The molecule has 0 saturated heterocycles. The summed E-state index contributed by atoms with van der Waals surface area (Å²) in [7, 11) is 0. The summed E-state index contributed by atoms with van der Waals surface area (Å²) in [5.41, 5.74) is 0.373. The number of rotatable bonds is 4. The Labute approximate surface area is 74.2 Å². The van der Waals surface area contributed by atoms with Crippen molar-refractivity contribution in [2.75, 3.05) is 6.61 Å². The van der Waals surface area contributed by atoms with Crippen LogP contribution in [0.3, 0.4) is 0 Å². The van der Waals surface area contributed by atoms with Gasteiger partial charge in [0, 0.05) is 0 Å². The second-order valence-electron chi connectivity index (χ2n) is 3.49. The van der Waals surface area contributed by atoms with E-state index < -0.39 is 5.60 Å². The minimum absolute atomic E-state index is 0.0855. The predicted octanol–water partition coefficient (Wildman–Crippen LogP) is 1.64. The molecule has 0 aromatic carbocycles. The predicted molar refractivity (Wildman–Crippen MR) is 50.9 cm³/mol. The van der Waals surface area contributed by atoms with E-state index in [2.05, 4.69) is 0 Å². The van der Waals surface area contributed by atoms with E-state index in [1.165, 1.54) is 0 Å². The van der Waals surface area contributed by atoms with E-state index in [0.717, 1.165) is 12.0 Å². The molecule has 0 saturated carbocycles. The van der Waals surface area contributed by atoms with Crippen LogP contribution in [-0.2, 0) is 0 Å². The summed E-state index contributed by atoms with van der Waals surface area (Å²) < 4.78 is 0. The molecule has 0 aromatic heterocycles. The van der Waals surface area contributed by atoms with Crippen molar-refractivity contribution in [3.05, 3.63) is 23.8 Å². The molecule has 2 heteroatoms. The molecule has 0 unspecified atom stereocenters. The Balaban J connectivity index is 3.83. The second-order valence-corrected chi connectivity index (χ2v) is 3.49. The molecule has 0 heterocycles. The molecule has 0 aliphatic carbocycles. The van der Waals surface area contributed by atoms with E-state index in [9.17, 15) is 5.11 Å². The van der Waals surface area contributed by atoms with Crippen molar-refractivity contribution >= 4 is 0 Å². The van der Waals surface area contributed by atoms with E-state index >= 15 is 0 Å². The molecule has 0 aromatic rings. The van der Waals surface area contributed by atoms with Gasteiger partial charge in [-0.25, -0.2) is 0 Å². The van der Waals surface area contributed by atoms with Gasteiger partial charge in [0.15, 0.2) is 0 Å². The maximum atomic E-state index is 9.30. The Morgan fingerprint density at radius 1 is 1.42 bits per heavy atom. The van der Waals surface area contributed by atoms with Crippen molar-refractivity contribution < 1.29 is 10.2 Å². The summed E-state index contributed by atoms with van der Waals surface area (Å²) in [5.74, 6) is 0. The maximum absolute atomic E-state index is 9.30. The fourth-order valence-electron chi connectivity index (χ4n) is 0.772. The lowest BCUT2D eigenvalue weighted by atomic mass is 10.1. The van der Waals surface area contributed by atoms with E-state index in [1.54, 1.807) is 26.0 Å². The zero-order valence-electron chi connectivity index (χ0n) is 8.04. The van der Waals surface area contributed by atoms with Crippen LogP contribution in [0.1, 0.15) is 27.2 Å². The van der Waals surface area contributed by atoms with Gasteiger partial charge in [-0.3, -0.25) is 0 Å². The van der Waals surface area contributed by atoms with Gasteiger partial charge in [0.05, 0.1) is 12.2 Å². The number of aliphatic hydroxyl groups excluding tert-OH is 1. The van der Waals surface area contributed by atoms with Crippen LogP contribution in [0.25, 0.3) is 0 Å². The highest BCUT2D eigenvalue weighted by molar-refractivity contribution is 5.07. The summed E-state index contributed by atoms with van der Waals surface area (Å²) in [5, 5.41) is 17.9. The van der Waals surface area contributed by atoms with Crippen LogP contribution in [0, 0.1) is 0 Å². The van der Waals surface area contributed by atoms with Gasteiger partial charge in [-0.1, -0.05) is 23.8 Å². The third-order valence-corrected chi connectivity index (χ3v) is 1.41. The molecule has 70 valence electrons. The van der Waals surface area contributed by atoms with Gasteiger partial charge < -0.3 is 10.2 Å². The molecule has 0 aliphatic heterocycles. The number of hydrogen-bond donors (Lipinski definition) is 2. The van der Waals surface area contributed by atoms with Gasteiger partial charge in [-0.2, -0.15) is 0 Å². The highest BCUT2D eigenvalue weighted by Gasteiger charge is 2.04. The monoisotopic (exact) mass is 170 g/mol. The molecule has 0 aliphatic rings. The number of allylic oxidation sites excluding steroid dienone is 2. The molecule has 0 radical (unpaired) electrons. The average Bonchev–Trinajstić information content (AvgIpc) is 1.84. The third-order valence-electron chi connectivity index (χ3n) is 1.41. The van der Waals surface area contributed by atoms with Crippen LogP contribution in [0.2, 0.25) is 0 Å². The lowest BCUT2D eigenvalue weighted by Crippen LogP contribution is -2.13. The Morgan fingerprint density at radius 3 is 2.42 bits per heavy atom. The van der Waals surface area contributed by atoms with Crippen LogP contribution in [0.4, 0.5) is 0 Å². The third kappa shape index (κ3) is 7.51. The first-order chi connectivity index (χ1) is 5.45. The molecule has 2 N–H and O–H groups in total. The van der Waals surface area contributed by atoms with Crippen molar-refractivity contribution in [2.45, 2.75) is 32.8 Å². The van der Waals surface area contributed by atoms with E-state index in [1.807, 2.05) is 13.0 Å². The zero-order chi connectivity index (χ0) is 9.61. The minimum Gasteiger partial charge on any atom is -0.392 e. The topological polar surface area (TPSA) is 40.5 Å². The standard InChI is InChI=1S/C10H18O2/c1-9(6-8-11)5-4-7-10(2,3)12/h4,6-7,11-12H,5,8H2,1-3H3. The lowest BCUT2D eigenvalue weighted by Gasteiger charge is -2.09. The highest BCUT2D eigenvalue weighted by atomic mass is 16.3. The van der Waals surface area contributed by atoms with Crippen molar-refractivity contribution in [2.24, 2.45) is 0 Å². The van der Waals surface area contributed by atoms with Gasteiger partial charge in [0.25, 0.3) is 0 Å². The molecule has 0 bridgehead atoms. The van der Waals surface area contributed by atoms with Gasteiger partial charge in [0.2, 0.25) is 0 Å². The summed E-state index contributed by atoms with van der Waals surface area (Å²) in [6.07, 6.45) is 6.20. The van der Waals surface area contributed by atoms with E-state index in [4.69, 9.17) is 5.11 Å². The normalized spacial score (nSPS) is 14.2. The minimum atomic E-state index is -0.737. The summed E-state index contributed by atoms with van der Waals surface area (Å²) >= 11 is 0. The van der Waals surface area contributed by atoms with Crippen LogP contribution in [0.15, 0.2) is 23.8 Å². The SMILES string of the molecule is CC(=CCO)CC=CC(C)(C)O. The highest BCUT2D eigenvalue weighted by Crippen LogP contribution is 2.06. The van der Waals surface area contributed by atoms with Crippen molar-refractivity contribution in [3.8, 4) is 0 Å². The van der Waals surface area contributed by atoms with Gasteiger partial charge >= 0.3 is 0 Å². The van der Waals surface area contributed by atoms with Gasteiger partial charge in [-0.15, -0.1) is 0 Å². The van der Waals surface area contributed by atoms with Crippen LogP contribution in [0.5, 0.6) is 0 Å². The average molecular weight is 170 g/mol. The quantitative estimate of drug-likeness (QED) is 0.630. The molecule has 0 fully saturated rings. The van der Waals surface area contributed by atoms with E-state index in [-0.39, 0.29) is 6.61 Å². The number of aliphatic hydroxyl groups is 2. The molecule has 0 amide bonds. The first-order valence-corrected chi connectivity index (χ1v) is 4.12. The molecular formula is C10H18O2. The summed E-state index contributed by atoms with van der Waals surface area (Å²) in [6.45, 7) is 5.50.